The molecule has 33 heavy (non-hydrogen) atoms. The fourth-order valence-corrected chi connectivity index (χ4v) is 4.30. The molecule has 0 aromatic heterocycles. The molecule has 0 heterocycles. The maximum absolute atomic E-state index is 12.4. The van der Waals surface area contributed by atoms with Crippen molar-refractivity contribution in [1.29, 1.82) is 0 Å². The van der Waals surface area contributed by atoms with Crippen LogP contribution in [0, 0.1) is 0 Å². The van der Waals surface area contributed by atoms with Crippen molar-refractivity contribution in [1.82, 2.24) is 0 Å². The molecule has 0 aliphatic heterocycles. The summed E-state index contributed by atoms with van der Waals surface area (Å²) in [5.41, 5.74) is 1.43. The first kappa shape index (κ1) is 27.2. The number of rotatable bonds is 20. The summed E-state index contributed by atoms with van der Waals surface area (Å²) in [6, 6.07) is 16.9. The Kier molecular flexibility index (Phi) is 15.1. The monoisotopic (exact) mass is 450 g/mol. The van der Waals surface area contributed by atoms with E-state index in [1.807, 2.05) is 54.6 Å². The Hall–Kier alpha value is -2.09. The second-order valence-electron chi connectivity index (χ2n) is 9.37. The van der Waals surface area contributed by atoms with Crippen LogP contribution in [0.3, 0.4) is 0 Å². The predicted molar refractivity (Wildman–Crippen MR) is 141 cm³/mol. The first-order chi connectivity index (χ1) is 16.3. The highest BCUT2D eigenvalue weighted by molar-refractivity contribution is 6.08. The number of carbonyl (C=O) groups excluding carboxylic acids is 1. The van der Waals surface area contributed by atoms with Gasteiger partial charge < -0.3 is 4.74 Å². The number of hydrogen-bond donors (Lipinski definition) is 0. The Morgan fingerprint density at radius 3 is 1.45 bits per heavy atom. The first-order valence-corrected chi connectivity index (χ1v) is 13.6. The van der Waals surface area contributed by atoms with Crippen molar-refractivity contribution < 1.29 is 9.53 Å². The molecule has 0 fully saturated rings. The number of ether oxygens (including phenoxy) is 1. The molecule has 2 aromatic carbocycles. The molecule has 2 rings (SSSR count). The second-order valence-corrected chi connectivity index (χ2v) is 9.37. The van der Waals surface area contributed by atoms with E-state index in [1.165, 1.54) is 96.3 Å². The molecule has 0 bridgehead atoms. The largest absolute Gasteiger partial charge is 0.494 e. The summed E-state index contributed by atoms with van der Waals surface area (Å²) in [6.07, 6.45) is 22.1. The molecule has 0 aliphatic carbocycles. The topological polar surface area (TPSA) is 26.3 Å². The van der Waals surface area contributed by atoms with Gasteiger partial charge in [0, 0.05) is 11.1 Å². The maximum Gasteiger partial charge on any atom is 0.193 e. The smallest absolute Gasteiger partial charge is 0.193 e. The third-order valence-corrected chi connectivity index (χ3v) is 6.42. The molecule has 0 saturated carbocycles. The van der Waals surface area contributed by atoms with E-state index in [4.69, 9.17) is 4.74 Å². The van der Waals surface area contributed by atoms with Crippen molar-refractivity contribution in [2.45, 2.75) is 110 Å². The van der Waals surface area contributed by atoms with Gasteiger partial charge >= 0.3 is 0 Å². The molecule has 2 nitrogen and oxygen atoms in total. The van der Waals surface area contributed by atoms with Gasteiger partial charge in [-0.25, -0.2) is 0 Å². The normalized spacial score (nSPS) is 10.9. The van der Waals surface area contributed by atoms with Gasteiger partial charge in [-0.15, -0.1) is 0 Å². The van der Waals surface area contributed by atoms with E-state index >= 15 is 0 Å². The number of ketones is 1. The van der Waals surface area contributed by atoms with Crippen LogP contribution in [-0.4, -0.2) is 12.4 Å². The summed E-state index contributed by atoms with van der Waals surface area (Å²) in [6.45, 7) is 3.04. The van der Waals surface area contributed by atoms with Gasteiger partial charge in [0.1, 0.15) is 5.75 Å². The van der Waals surface area contributed by atoms with Crippen LogP contribution >= 0.6 is 0 Å². The molecular weight excluding hydrogens is 404 g/mol. The molecule has 0 unspecified atom stereocenters. The second kappa shape index (κ2) is 18.3. The summed E-state index contributed by atoms with van der Waals surface area (Å²) in [7, 11) is 0. The SMILES string of the molecule is CCCCCCCCCCCCCCCCCCOc1ccc(C(=O)c2ccccc2)cc1. The standard InChI is InChI=1S/C31H46O2/c1-2-3-4-5-6-7-8-9-10-11-12-13-14-15-16-20-27-33-30-25-23-29(24-26-30)31(32)28-21-18-17-19-22-28/h17-19,21-26H,2-16,20,27H2,1H3. The van der Waals surface area contributed by atoms with Gasteiger partial charge in [0.15, 0.2) is 5.78 Å². The summed E-state index contributed by atoms with van der Waals surface area (Å²) in [5.74, 6) is 0.903. The molecule has 0 amide bonds. The highest BCUT2D eigenvalue weighted by Crippen LogP contribution is 2.17. The predicted octanol–water partition coefficient (Wildman–Crippen LogP) is 9.56. The van der Waals surface area contributed by atoms with E-state index in [-0.39, 0.29) is 5.78 Å². The van der Waals surface area contributed by atoms with E-state index in [2.05, 4.69) is 6.92 Å². The quantitative estimate of drug-likeness (QED) is 0.148. The lowest BCUT2D eigenvalue weighted by Gasteiger charge is -2.07. The van der Waals surface area contributed by atoms with Crippen LogP contribution in [0.1, 0.15) is 126 Å². The molecular formula is C31H46O2. The van der Waals surface area contributed by atoms with Crippen molar-refractivity contribution in [2.24, 2.45) is 0 Å². The van der Waals surface area contributed by atoms with Crippen LogP contribution in [0.15, 0.2) is 54.6 Å². The highest BCUT2D eigenvalue weighted by atomic mass is 16.5. The van der Waals surface area contributed by atoms with Gasteiger partial charge in [-0.2, -0.15) is 0 Å². The van der Waals surface area contributed by atoms with Gasteiger partial charge in [0.25, 0.3) is 0 Å². The Balaban J connectivity index is 1.39. The Labute approximate surface area is 203 Å². The average Bonchev–Trinajstić information content (AvgIpc) is 2.86. The minimum Gasteiger partial charge on any atom is -0.494 e. The lowest BCUT2D eigenvalue weighted by molar-refractivity contribution is 0.103. The van der Waals surface area contributed by atoms with Crippen molar-refractivity contribution in [3.63, 3.8) is 0 Å². The molecule has 182 valence electrons. The minimum atomic E-state index is 0.0555. The molecule has 0 saturated heterocycles. The van der Waals surface area contributed by atoms with Crippen LogP contribution in [0.2, 0.25) is 0 Å². The van der Waals surface area contributed by atoms with E-state index in [9.17, 15) is 4.79 Å². The molecule has 0 radical (unpaired) electrons. The number of carbonyl (C=O) groups is 1. The van der Waals surface area contributed by atoms with Crippen LogP contribution in [0.5, 0.6) is 5.75 Å². The highest BCUT2D eigenvalue weighted by Gasteiger charge is 2.08. The van der Waals surface area contributed by atoms with Crippen LogP contribution in [0.4, 0.5) is 0 Å². The maximum atomic E-state index is 12.4. The van der Waals surface area contributed by atoms with Gasteiger partial charge in [0.2, 0.25) is 0 Å². The molecule has 0 N–H and O–H groups in total. The van der Waals surface area contributed by atoms with Crippen molar-refractivity contribution in [3.05, 3.63) is 65.7 Å². The molecule has 0 spiro atoms. The Bertz CT molecular complexity index is 720. The third kappa shape index (κ3) is 12.7. The fraction of sp³-hybridized carbons (Fsp3) is 0.581. The van der Waals surface area contributed by atoms with Gasteiger partial charge in [0.05, 0.1) is 6.61 Å². The van der Waals surface area contributed by atoms with Crippen molar-refractivity contribution in [3.8, 4) is 5.75 Å². The zero-order chi connectivity index (χ0) is 23.4. The van der Waals surface area contributed by atoms with Crippen LogP contribution in [0.25, 0.3) is 0 Å². The van der Waals surface area contributed by atoms with Crippen LogP contribution in [-0.2, 0) is 0 Å². The molecule has 2 heteroatoms. The van der Waals surface area contributed by atoms with E-state index in [0.717, 1.165) is 24.3 Å². The Morgan fingerprint density at radius 1 is 0.545 bits per heavy atom. The average molecular weight is 451 g/mol. The minimum absolute atomic E-state index is 0.0555. The zero-order valence-electron chi connectivity index (χ0n) is 21.0. The van der Waals surface area contributed by atoms with Gasteiger partial charge in [-0.05, 0) is 30.7 Å². The summed E-state index contributed by atoms with van der Waals surface area (Å²) < 4.78 is 5.85. The van der Waals surface area contributed by atoms with Gasteiger partial charge in [-0.1, -0.05) is 134 Å². The van der Waals surface area contributed by atoms with Crippen molar-refractivity contribution >= 4 is 5.78 Å². The van der Waals surface area contributed by atoms with Crippen LogP contribution < -0.4 is 4.74 Å². The number of hydrogen-bond acceptors (Lipinski definition) is 2. The first-order valence-electron chi connectivity index (χ1n) is 13.6. The molecule has 0 atom stereocenters. The Morgan fingerprint density at radius 2 is 0.970 bits per heavy atom. The molecule has 0 aliphatic rings. The van der Waals surface area contributed by atoms with Crippen molar-refractivity contribution in [2.75, 3.05) is 6.61 Å². The third-order valence-electron chi connectivity index (χ3n) is 6.42. The lowest BCUT2D eigenvalue weighted by atomic mass is 10.0. The van der Waals surface area contributed by atoms with E-state index in [1.54, 1.807) is 0 Å². The summed E-state index contributed by atoms with van der Waals surface area (Å²) >= 11 is 0. The fourth-order valence-electron chi connectivity index (χ4n) is 4.30. The number of benzene rings is 2. The summed E-state index contributed by atoms with van der Waals surface area (Å²) in [5, 5.41) is 0. The summed E-state index contributed by atoms with van der Waals surface area (Å²) in [4.78, 5) is 12.4. The van der Waals surface area contributed by atoms with E-state index < -0.39 is 0 Å². The zero-order valence-corrected chi connectivity index (χ0v) is 21.0. The van der Waals surface area contributed by atoms with E-state index in [0.29, 0.717) is 5.56 Å². The number of unbranched alkanes of at least 4 members (excludes halogenated alkanes) is 15. The molecule has 2 aromatic rings. The van der Waals surface area contributed by atoms with Gasteiger partial charge in [-0.3, -0.25) is 4.79 Å². The lowest BCUT2D eigenvalue weighted by Crippen LogP contribution is -2.01.